The van der Waals surface area contributed by atoms with E-state index < -0.39 is 16.1 Å². The van der Waals surface area contributed by atoms with Crippen molar-refractivity contribution in [2.45, 2.75) is 30.8 Å². The van der Waals surface area contributed by atoms with Gasteiger partial charge in [0, 0.05) is 32.8 Å². The van der Waals surface area contributed by atoms with Gasteiger partial charge in [-0.2, -0.15) is 4.31 Å². The van der Waals surface area contributed by atoms with Crippen LogP contribution in [0.1, 0.15) is 25.2 Å². The van der Waals surface area contributed by atoms with Gasteiger partial charge in [-0.3, -0.25) is 9.36 Å². The summed E-state index contributed by atoms with van der Waals surface area (Å²) in [6, 6.07) is 19.0. The molecule has 9 heteroatoms. The molecule has 1 heterocycles. The molecule has 0 fully saturated rings. The molecule has 1 atom stereocenters. The van der Waals surface area contributed by atoms with Gasteiger partial charge in [-0.1, -0.05) is 48.5 Å². The predicted octanol–water partition coefficient (Wildman–Crippen LogP) is 3.98. The van der Waals surface area contributed by atoms with Crippen LogP contribution < -0.4 is 5.56 Å². The van der Waals surface area contributed by atoms with Crippen LogP contribution in [0.3, 0.4) is 0 Å². The Kier molecular flexibility index (Phi) is 8.15. The van der Waals surface area contributed by atoms with Crippen LogP contribution in [-0.2, 0) is 26.0 Å². The quantitative estimate of drug-likeness (QED) is 0.284. The molecule has 0 N–H and O–H groups in total. The van der Waals surface area contributed by atoms with Gasteiger partial charge in [-0.25, -0.2) is 13.4 Å². The SMILES string of the molecule is COCCCN(C(C)c1nc2ccccc2c(=O)n1CCOC)S(=O)(=O)c1cccc2ccccc12. The Morgan fingerprint density at radius 1 is 0.917 bits per heavy atom. The summed E-state index contributed by atoms with van der Waals surface area (Å²) in [5.41, 5.74) is 0.302. The van der Waals surface area contributed by atoms with Gasteiger partial charge < -0.3 is 9.47 Å². The Morgan fingerprint density at radius 2 is 1.58 bits per heavy atom. The van der Waals surface area contributed by atoms with Gasteiger partial charge in [-0.05, 0) is 36.9 Å². The van der Waals surface area contributed by atoms with Gasteiger partial charge in [0.2, 0.25) is 10.0 Å². The van der Waals surface area contributed by atoms with Crippen molar-refractivity contribution in [2.24, 2.45) is 0 Å². The molecule has 0 saturated carbocycles. The summed E-state index contributed by atoms with van der Waals surface area (Å²) in [6.07, 6.45) is 0.487. The lowest BCUT2D eigenvalue weighted by molar-refractivity contribution is 0.176. The lowest BCUT2D eigenvalue weighted by Crippen LogP contribution is -2.39. The van der Waals surface area contributed by atoms with E-state index in [1.54, 1.807) is 51.5 Å². The molecule has 0 bridgehead atoms. The van der Waals surface area contributed by atoms with Crippen LogP contribution in [0.2, 0.25) is 0 Å². The number of hydrogen-bond acceptors (Lipinski definition) is 6. The monoisotopic (exact) mass is 509 g/mol. The van der Waals surface area contributed by atoms with Gasteiger partial charge in [0.05, 0.1) is 35.0 Å². The minimum absolute atomic E-state index is 0.202. The number of nitrogens with zero attached hydrogens (tertiary/aromatic N) is 3. The van der Waals surface area contributed by atoms with E-state index in [0.717, 1.165) is 5.39 Å². The third kappa shape index (κ3) is 5.05. The minimum Gasteiger partial charge on any atom is -0.385 e. The highest BCUT2D eigenvalue weighted by atomic mass is 32.2. The molecule has 0 spiro atoms. The lowest BCUT2D eigenvalue weighted by atomic mass is 10.1. The van der Waals surface area contributed by atoms with E-state index >= 15 is 0 Å². The zero-order chi connectivity index (χ0) is 25.7. The second-order valence-electron chi connectivity index (χ2n) is 8.55. The van der Waals surface area contributed by atoms with Crippen molar-refractivity contribution in [1.82, 2.24) is 13.9 Å². The fourth-order valence-electron chi connectivity index (χ4n) is 4.47. The molecule has 0 radical (unpaired) electrons. The van der Waals surface area contributed by atoms with Crippen molar-refractivity contribution in [3.63, 3.8) is 0 Å². The Hall–Kier alpha value is -3.11. The number of ether oxygens (including phenoxy) is 2. The van der Waals surface area contributed by atoms with E-state index in [-0.39, 0.29) is 23.5 Å². The molecule has 1 aromatic heterocycles. The highest BCUT2D eigenvalue weighted by Gasteiger charge is 2.33. The van der Waals surface area contributed by atoms with E-state index in [4.69, 9.17) is 14.5 Å². The molecule has 3 aromatic carbocycles. The predicted molar refractivity (Wildman–Crippen MR) is 141 cm³/mol. The molecule has 0 aliphatic heterocycles. The number of aromatic nitrogens is 2. The van der Waals surface area contributed by atoms with Crippen molar-refractivity contribution in [3.05, 3.63) is 82.9 Å². The number of para-hydroxylation sites is 1. The summed E-state index contributed by atoms with van der Waals surface area (Å²) >= 11 is 0. The molecule has 0 aliphatic rings. The first-order valence-electron chi connectivity index (χ1n) is 11.9. The third-order valence-electron chi connectivity index (χ3n) is 6.28. The maximum Gasteiger partial charge on any atom is 0.261 e. The number of methoxy groups -OCH3 is 2. The Balaban J connectivity index is 1.89. The average molecular weight is 510 g/mol. The van der Waals surface area contributed by atoms with E-state index in [9.17, 15) is 13.2 Å². The summed E-state index contributed by atoms with van der Waals surface area (Å²) in [7, 11) is -0.824. The van der Waals surface area contributed by atoms with Crippen molar-refractivity contribution in [2.75, 3.05) is 34.0 Å². The van der Waals surface area contributed by atoms with Crippen molar-refractivity contribution in [1.29, 1.82) is 0 Å². The molecular formula is C27H31N3O5S. The highest BCUT2D eigenvalue weighted by Crippen LogP contribution is 2.31. The van der Waals surface area contributed by atoms with Crippen LogP contribution in [0.5, 0.6) is 0 Å². The van der Waals surface area contributed by atoms with Crippen LogP contribution in [0.25, 0.3) is 21.7 Å². The largest absolute Gasteiger partial charge is 0.385 e. The van der Waals surface area contributed by atoms with Crippen molar-refractivity contribution < 1.29 is 17.9 Å². The van der Waals surface area contributed by atoms with Crippen LogP contribution in [0.15, 0.2) is 76.4 Å². The van der Waals surface area contributed by atoms with Gasteiger partial charge >= 0.3 is 0 Å². The molecule has 1 unspecified atom stereocenters. The first kappa shape index (κ1) is 26.0. The molecule has 4 aromatic rings. The second kappa shape index (κ2) is 11.3. The molecule has 0 amide bonds. The second-order valence-corrected chi connectivity index (χ2v) is 10.4. The topological polar surface area (TPSA) is 90.7 Å². The number of benzene rings is 3. The first-order valence-corrected chi connectivity index (χ1v) is 13.3. The van der Waals surface area contributed by atoms with Crippen molar-refractivity contribution >= 4 is 31.7 Å². The van der Waals surface area contributed by atoms with Crippen LogP contribution in [0.4, 0.5) is 0 Å². The summed E-state index contributed by atoms with van der Waals surface area (Å²) in [6.45, 7) is 2.92. The summed E-state index contributed by atoms with van der Waals surface area (Å²) in [5.74, 6) is 0.372. The summed E-state index contributed by atoms with van der Waals surface area (Å²) in [5, 5.41) is 1.96. The van der Waals surface area contributed by atoms with Gasteiger partial charge in [0.15, 0.2) is 0 Å². The maximum absolute atomic E-state index is 14.2. The third-order valence-corrected chi connectivity index (χ3v) is 8.31. The van der Waals surface area contributed by atoms with Gasteiger partial charge in [0.25, 0.3) is 5.56 Å². The zero-order valence-corrected chi connectivity index (χ0v) is 21.6. The Bertz CT molecular complexity index is 1510. The Morgan fingerprint density at radius 3 is 2.33 bits per heavy atom. The molecule has 8 nitrogen and oxygen atoms in total. The fourth-order valence-corrected chi connectivity index (χ4v) is 6.31. The van der Waals surface area contributed by atoms with Gasteiger partial charge in [-0.15, -0.1) is 0 Å². The Labute approximate surface area is 211 Å². The molecule has 0 aliphatic carbocycles. The van der Waals surface area contributed by atoms with E-state index in [1.807, 2.05) is 36.4 Å². The highest BCUT2D eigenvalue weighted by molar-refractivity contribution is 7.89. The van der Waals surface area contributed by atoms with E-state index in [2.05, 4.69) is 0 Å². The average Bonchev–Trinajstić information content (AvgIpc) is 2.89. The lowest BCUT2D eigenvalue weighted by Gasteiger charge is -2.30. The van der Waals surface area contributed by atoms with E-state index in [1.165, 1.54) is 8.87 Å². The molecular weight excluding hydrogens is 478 g/mol. The smallest absolute Gasteiger partial charge is 0.261 e. The zero-order valence-electron chi connectivity index (χ0n) is 20.8. The molecule has 190 valence electrons. The molecule has 0 saturated heterocycles. The van der Waals surface area contributed by atoms with Crippen molar-refractivity contribution in [3.8, 4) is 0 Å². The number of sulfonamides is 1. The summed E-state index contributed by atoms with van der Waals surface area (Å²) in [4.78, 5) is 18.4. The number of hydrogen-bond donors (Lipinski definition) is 0. The minimum atomic E-state index is -3.97. The van der Waals surface area contributed by atoms with Crippen LogP contribution in [0, 0.1) is 0 Å². The molecule has 36 heavy (non-hydrogen) atoms. The maximum atomic E-state index is 14.2. The fraction of sp³-hybridized carbons (Fsp3) is 0.333. The normalized spacial score (nSPS) is 13.0. The van der Waals surface area contributed by atoms with E-state index in [0.29, 0.717) is 41.7 Å². The number of rotatable bonds is 11. The summed E-state index contributed by atoms with van der Waals surface area (Å²) < 4.78 is 41.7. The number of fused-ring (bicyclic) bond motifs is 2. The molecule has 4 rings (SSSR count). The van der Waals surface area contributed by atoms with Gasteiger partial charge in [0.1, 0.15) is 5.82 Å². The standard InChI is InChI=1S/C27H31N3O5S/c1-20(26-28-24-14-7-6-13-23(24)27(31)29(26)17-19-35-3)30(16-9-18-34-2)36(32,33)25-15-8-11-21-10-4-5-12-22(21)25/h4-8,10-15,20H,9,16-19H2,1-3H3. The van der Waals surface area contributed by atoms with Crippen LogP contribution >= 0.6 is 0 Å². The first-order chi connectivity index (χ1) is 17.4. The van der Waals surface area contributed by atoms with Crippen LogP contribution in [-0.4, -0.2) is 56.3 Å².